The van der Waals surface area contributed by atoms with Crippen molar-refractivity contribution in [1.29, 1.82) is 0 Å². The molecule has 0 aliphatic carbocycles. The highest BCUT2D eigenvalue weighted by Crippen LogP contribution is 2.29. The number of aromatic nitrogens is 1. The first-order valence-electron chi connectivity index (χ1n) is 12.9. The summed E-state index contributed by atoms with van der Waals surface area (Å²) >= 11 is 6.02. The number of piperidine rings is 1. The number of para-hydroxylation sites is 1. The molecule has 4 aromatic rings. The number of halogens is 1. The molecule has 192 valence electrons. The fraction of sp³-hybridized carbons (Fsp3) is 0.300. The molecular weight excluding hydrogens is 502 g/mol. The molecule has 1 aliphatic heterocycles. The Morgan fingerprint density at radius 1 is 0.838 bits per heavy atom. The second-order valence-electron chi connectivity index (χ2n) is 9.63. The van der Waals surface area contributed by atoms with Crippen molar-refractivity contribution < 1.29 is 8.42 Å². The van der Waals surface area contributed by atoms with E-state index in [1.54, 1.807) is 16.6 Å². The first-order chi connectivity index (χ1) is 18.0. The Morgan fingerprint density at radius 2 is 1.54 bits per heavy atom. The van der Waals surface area contributed by atoms with Crippen molar-refractivity contribution in [2.75, 3.05) is 26.2 Å². The Hall–Kier alpha value is -2.77. The predicted octanol–water partition coefficient (Wildman–Crippen LogP) is 5.83. The van der Waals surface area contributed by atoms with E-state index in [0.29, 0.717) is 23.4 Å². The van der Waals surface area contributed by atoms with Crippen molar-refractivity contribution in [3.05, 3.63) is 107 Å². The number of likely N-dealkylation sites (tertiary alicyclic amines) is 1. The van der Waals surface area contributed by atoms with Crippen LogP contribution in [0.1, 0.15) is 24.0 Å². The van der Waals surface area contributed by atoms with E-state index < -0.39 is 10.0 Å². The second-order valence-corrected chi connectivity index (χ2v) is 11.9. The number of hydrogen-bond acceptors (Lipinski definition) is 4. The van der Waals surface area contributed by atoms with Crippen LogP contribution in [0.25, 0.3) is 10.9 Å². The van der Waals surface area contributed by atoms with Crippen LogP contribution in [0.3, 0.4) is 0 Å². The molecule has 3 aromatic carbocycles. The van der Waals surface area contributed by atoms with Crippen molar-refractivity contribution in [1.82, 2.24) is 14.2 Å². The Morgan fingerprint density at radius 3 is 2.30 bits per heavy atom. The molecule has 1 fully saturated rings. The Bertz CT molecular complexity index is 1420. The summed E-state index contributed by atoms with van der Waals surface area (Å²) in [5.74, 6) is 0. The van der Waals surface area contributed by atoms with E-state index in [1.165, 1.54) is 5.56 Å². The fourth-order valence-electron chi connectivity index (χ4n) is 5.16. The van der Waals surface area contributed by atoms with Crippen molar-refractivity contribution in [3.8, 4) is 0 Å². The average molecular weight is 534 g/mol. The summed E-state index contributed by atoms with van der Waals surface area (Å²) in [7, 11) is -3.73. The summed E-state index contributed by atoms with van der Waals surface area (Å²) in [4.78, 5) is 7.17. The van der Waals surface area contributed by atoms with Gasteiger partial charge < -0.3 is 4.90 Å². The van der Waals surface area contributed by atoms with E-state index in [0.717, 1.165) is 54.9 Å². The lowest BCUT2D eigenvalue weighted by molar-refractivity contribution is 0.160. The van der Waals surface area contributed by atoms with Gasteiger partial charge in [-0.3, -0.25) is 4.98 Å². The van der Waals surface area contributed by atoms with E-state index in [-0.39, 0.29) is 6.04 Å². The summed E-state index contributed by atoms with van der Waals surface area (Å²) in [5, 5.41) is 1.59. The number of benzene rings is 3. The third-order valence-electron chi connectivity index (χ3n) is 7.24. The van der Waals surface area contributed by atoms with Crippen LogP contribution >= 0.6 is 11.6 Å². The van der Waals surface area contributed by atoms with Gasteiger partial charge in [-0.25, -0.2) is 8.42 Å². The van der Waals surface area contributed by atoms with Crippen LogP contribution in [0.15, 0.2) is 96.0 Å². The minimum absolute atomic E-state index is 0.0422. The summed E-state index contributed by atoms with van der Waals surface area (Å²) in [5.41, 5.74) is 2.94. The molecule has 0 N–H and O–H groups in total. The minimum atomic E-state index is -3.73. The van der Waals surface area contributed by atoms with E-state index in [9.17, 15) is 8.42 Å². The van der Waals surface area contributed by atoms with Crippen LogP contribution in [-0.4, -0.2) is 54.8 Å². The topological polar surface area (TPSA) is 53.5 Å². The summed E-state index contributed by atoms with van der Waals surface area (Å²) in [6, 6.07) is 27.2. The number of rotatable bonds is 9. The van der Waals surface area contributed by atoms with E-state index >= 15 is 0 Å². The number of pyridine rings is 1. The molecule has 0 atom stereocenters. The van der Waals surface area contributed by atoms with E-state index in [4.69, 9.17) is 11.6 Å². The van der Waals surface area contributed by atoms with Gasteiger partial charge in [0.25, 0.3) is 0 Å². The molecule has 0 spiro atoms. The highest BCUT2D eigenvalue weighted by atomic mass is 35.5. The SMILES string of the molecule is O=S(=O)(c1cccc2cccnc12)N(CCc1ccccc1)C1CCN(CCc2ccc(Cl)cc2)CC1. The van der Waals surface area contributed by atoms with Gasteiger partial charge >= 0.3 is 0 Å². The van der Waals surface area contributed by atoms with Crippen molar-refractivity contribution >= 4 is 32.5 Å². The zero-order valence-electron chi connectivity index (χ0n) is 20.8. The molecule has 0 saturated carbocycles. The molecule has 1 aromatic heterocycles. The molecule has 5 rings (SSSR count). The number of hydrogen-bond donors (Lipinski definition) is 0. The normalized spacial score (nSPS) is 15.4. The van der Waals surface area contributed by atoms with E-state index in [2.05, 4.69) is 34.1 Å². The van der Waals surface area contributed by atoms with Crippen LogP contribution in [0.2, 0.25) is 5.02 Å². The lowest BCUT2D eigenvalue weighted by Gasteiger charge is -2.38. The lowest BCUT2D eigenvalue weighted by atomic mass is 10.0. The van der Waals surface area contributed by atoms with Crippen molar-refractivity contribution in [2.24, 2.45) is 0 Å². The molecule has 0 radical (unpaired) electrons. The average Bonchev–Trinajstić information content (AvgIpc) is 2.93. The standard InChI is InChI=1S/C30H32ClN3O2S/c31-27-13-11-25(12-14-27)15-20-33-21-17-28(18-22-33)34(23-16-24-6-2-1-3-7-24)37(35,36)29-10-4-8-26-9-5-19-32-30(26)29/h1-14,19,28H,15-18,20-23H2. The molecule has 7 heteroatoms. The fourth-order valence-corrected chi connectivity index (χ4v) is 7.14. The first-order valence-corrected chi connectivity index (χ1v) is 14.7. The van der Waals surface area contributed by atoms with Gasteiger partial charge in [-0.05, 0) is 74.2 Å². The molecule has 2 heterocycles. The number of sulfonamides is 1. The maximum absolute atomic E-state index is 14.1. The lowest BCUT2D eigenvalue weighted by Crippen LogP contribution is -2.48. The van der Waals surface area contributed by atoms with Crippen LogP contribution in [0, 0.1) is 0 Å². The Balaban J connectivity index is 1.33. The molecule has 1 aliphatic rings. The van der Waals surface area contributed by atoms with Gasteiger partial charge in [0.05, 0.1) is 5.52 Å². The van der Waals surface area contributed by atoms with Crippen molar-refractivity contribution in [3.63, 3.8) is 0 Å². The first kappa shape index (κ1) is 25.9. The van der Waals surface area contributed by atoms with Crippen LogP contribution in [-0.2, 0) is 22.9 Å². The van der Waals surface area contributed by atoms with Gasteiger partial charge in [0, 0.05) is 35.7 Å². The highest BCUT2D eigenvalue weighted by molar-refractivity contribution is 7.89. The quantitative estimate of drug-likeness (QED) is 0.272. The highest BCUT2D eigenvalue weighted by Gasteiger charge is 2.34. The molecule has 37 heavy (non-hydrogen) atoms. The van der Waals surface area contributed by atoms with Crippen LogP contribution in [0.5, 0.6) is 0 Å². The van der Waals surface area contributed by atoms with Gasteiger partial charge in [-0.1, -0.05) is 72.3 Å². The summed E-state index contributed by atoms with van der Waals surface area (Å²) in [6.07, 6.45) is 4.92. The largest absolute Gasteiger partial charge is 0.303 e. The van der Waals surface area contributed by atoms with Gasteiger partial charge in [0.15, 0.2) is 0 Å². The molecule has 0 bridgehead atoms. The van der Waals surface area contributed by atoms with Gasteiger partial charge in [0.1, 0.15) is 4.90 Å². The maximum atomic E-state index is 14.1. The van der Waals surface area contributed by atoms with Crippen molar-refractivity contribution in [2.45, 2.75) is 36.6 Å². The Labute approximate surface area is 224 Å². The van der Waals surface area contributed by atoms with Gasteiger partial charge in [-0.15, -0.1) is 0 Å². The summed E-state index contributed by atoms with van der Waals surface area (Å²) in [6.45, 7) is 3.16. The maximum Gasteiger partial charge on any atom is 0.245 e. The number of nitrogens with zero attached hydrogens (tertiary/aromatic N) is 3. The number of fused-ring (bicyclic) bond motifs is 1. The predicted molar refractivity (Wildman–Crippen MR) is 150 cm³/mol. The Kier molecular flexibility index (Phi) is 8.20. The third-order valence-corrected chi connectivity index (χ3v) is 9.48. The molecular formula is C30H32ClN3O2S. The third kappa shape index (κ3) is 6.21. The zero-order chi connectivity index (χ0) is 25.7. The van der Waals surface area contributed by atoms with Crippen LogP contribution in [0.4, 0.5) is 0 Å². The monoisotopic (exact) mass is 533 g/mol. The zero-order valence-corrected chi connectivity index (χ0v) is 22.4. The minimum Gasteiger partial charge on any atom is -0.303 e. The van der Waals surface area contributed by atoms with Crippen LogP contribution < -0.4 is 0 Å². The smallest absolute Gasteiger partial charge is 0.245 e. The molecule has 0 amide bonds. The van der Waals surface area contributed by atoms with Gasteiger partial charge in [-0.2, -0.15) is 4.31 Å². The van der Waals surface area contributed by atoms with Gasteiger partial charge in [0.2, 0.25) is 10.0 Å². The summed E-state index contributed by atoms with van der Waals surface area (Å²) < 4.78 is 30.0. The van der Waals surface area contributed by atoms with E-state index in [1.807, 2.05) is 54.6 Å². The second kappa shape index (κ2) is 11.7. The molecule has 5 nitrogen and oxygen atoms in total. The molecule has 1 saturated heterocycles. The molecule has 0 unspecified atom stereocenters.